The third-order valence-electron chi connectivity index (χ3n) is 12.3. The van der Waals surface area contributed by atoms with Gasteiger partial charge in [-0.2, -0.15) is 0 Å². The molecule has 5 fully saturated rings. The molecule has 2 spiro atoms. The van der Waals surface area contributed by atoms with E-state index in [1.807, 2.05) is 20.8 Å². The lowest BCUT2D eigenvalue weighted by molar-refractivity contribution is -0.236. The van der Waals surface area contributed by atoms with Gasteiger partial charge < -0.3 is 24.1 Å². The van der Waals surface area contributed by atoms with E-state index in [0.29, 0.717) is 30.4 Å². The van der Waals surface area contributed by atoms with Crippen LogP contribution in [0.3, 0.4) is 0 Å². The summed E-state index contributed by atoms with van der Waals surface area (Å²) in [5.41, 5.74) is -0.507. The van der Waals surface area contributed by atoms with Crippen LogP contribution in [0.25, 0.3) is 0 Å². The number of aliphatic hydroxyl groups is 1. The lowest BCUT2D eigenvalue weighted by Gasteiger charge is -2.58. The molecule has 7 aliphatic rings. The Kier molecular flexibility index (Phi) is 5.00. The highest BCUT2D eigenvalue weighted by atomic mass is 16.7. The van der Waals surface area contributed by atoms with Crippen LogP contribution in [0, 0.1) is 34.5 Å². The number of epoxide rings is 1. The third kappa shape index (κ3) is 2.68. The minimum absolute atomic E-state index is 0.0915. The fourth-order valence-electron chi connectivity index (χ4n) is 10.4. The van der Waals surface area contributed by atoms with E-state index >= 15 is 0 Å². The van der Waals surface area contributed by atoms with Crippen LogP contribution in [0.5, 0.6) is 0 Å². The average molecular weight is 513 g/mol. The van der Waals surface area contributed by atoms with Crippen molar-refractivity contribution in [2.24, 2.45) is 34.5 Å². The minimum Gasteiger partial charge on any atom is -0.456 e. The summed E-state index contributed by atoms with van der Waals surface area (Å²) in [6.45, 7) is 10.6. The predicted octanol–water partition coefficient (Wildman–Crippen LogP) is 3.88. The number of ketones is 1. The van der Waals surface area contributed by atoms with Crippen molar-refractivity contribution in [3.05, 3.63) is 23.3 Å². The third-order valence-corrected chi connectivity index (χ3v) is 12.3. The number of ether oxygens (including phenoxy) is 4. The van der Waals surface area contributed by atoms with Crippen LogP contribution >= 0.6 is 0 Å². The van der Waals surface area contributed by atoms with Gasteiger partial charge >= 0.3 is 5.97 Å². The second-order valence-corrected chi connectivity index (χ2v) is 13.3. The molecule has 37 heavy (non-hydrogen) atoms. The van der Waals surface area contributed by atoms with Gasteiger partial charge in [0.15, 0.2) is 12.1 Å². The van der Waals surface area contributed by atoms with Gasteiger partial charge in [-0.3, -0.25) is 4.79 Å². The summed E-state index contributed by atoms with van der Waals surface area (Å²) in [6, 6.07) is 0. The molecular formula is C30H40O7. The van der Waals surface area contributed by atoms with Crippen LogP contribution in [0.2, 0.25) is 0 Å². The van der Waals surface area contributed by atoms with Gasteiger partial charge in [-0.1, -0.05) is 5.57 Å². The Morgan fingerprint density at radius 2 is 1.86 bits per heavy atom. The van der Waals surface area contributed by atoms with Crippen molar-refractivity contribution < 1.29 is 33.6 Å². The molecule has 3 heterocycles. The van der Waals surface area contributed by atoms with Gasteiger partial charge in [0.25, 0.3) is 0 Å². The maximum Gasteiger partial charge on any atom is 0.334 e. The lowest BCUT2D eigenvalue weighted by Crippen LogP contribution is -2.64. The van der Waals surface area contributed by atoms with E-state index in [1.54, 1.807) is 12.2 Å². The first-order chi connectivity index (χ1) is 17.6. The first-order valence-corrected chi connectivity index (χ1v) is 14.3. The van der Waals surface area contributed by atoms with Gasteiger partial charge in [0.2, 0.25) is 0 Å². The van der Waals surface area contributed by atoms with Crippen LogP contribution in [-0.2, 0) is 28.5 Å². The number of carbonyl (C=O) groups excluding carboxylic acids is 2. The van der Waals surface area contributed by atoms with Crippen molar-refractivity contribution in [3.8, 4) is 0 Å². The van der Waals surface area contributed by atoms with E-state index in [4.69, 9.17) is 18.9 Å². The normalized spacial score (nSPS) is 55.7. The fraction of sp³-hybridized carbons (Fsp3) is 0.800. The quantitative estimate of drug-likeness (QED) is 0.453. The van der Waals surface area contributed by atoms with E-state index < -0.39 is 22.7 Å². The Hall–Kier alpha value is -1.54. The topological polar surface area (TPSA) is 94.6 Å². The molecule has 4 aliphatic carbocycles. The van der Waals surface area contributed by atoms with E-state index in [-0.39, 0.29) is 47.5 Å². The second-order valence-electron chi connectivity index (χ2n) is 13.3. The number of fused-ring (bicyclic) bond motifs is 3. The van der Waals surface area contributed by atoms with Crippen molar-refractivity contribution in [3.63, 3.8) is 0 Å². The fourth-order valence-corrected chi connectivity index (χ4v) is 10.4. The minimum atomic E-state index is -0.763. The van der Waals surface area contributed by atoms with Crippen molar-refractivity contribution >= 4 is 11.8 Å². The number of hydrogen-bond acceptors (Lipinski definition) is 7. The molecule has 202 valence electrons. The summed E-state index contributed by atoms with van der Waals surface area (Å²) >= 11 is 0. The highest BCUT2D eigenvalue weighted by Crippen LogP contribution is 2.76. The van der Waals surface area contributed by atoms with Crippen molar-refractivity contribution in [2.75, 3.05) is 6.61 Å². The van der Waals surface area contributed by atoms with Gasteiger partial charge in [-0.15, -0.1) is 0 Å². The van der Waals surface area contributed by atoms with E-state index in [9.17, 15) is 14.7 Å². The molecule has 3 saturated carbocycles. The Labute approximate surface area is 218 Å². The largest absolute Gasteiger partial charge is 0.456 e. The number of esters is 1. The average Bonchev–Trinajstić information content (AvgIpc) is 3.38. The molecule has 3 aliphatic heterocycles. The number of aliphatic hydroxyl groups excluding tert-OH is 1. The Morgan fingerprint density at radius 1 is 1.08 bits per heavy atom. The van der Waals surface area contributed by atoms with E-state index in [2.05, 4.69) is 13.8 Å². The maximum absolute atomic E-state index is 13.5. The molecule has 0 bridgehead atoms. The van der Waals surface area contributed by atoms with Gasteiger partial charge in [0, 0.05) is 29.9 Å². The van der Waals surface area contributed by atoms with Crippen LogP contribution in [0.4, 0.5) is 0 Å². The van der Waals surface area contributed by atoms with Crippen molar-refractivity contribution in [2.45, 2.75) is 109 Å². The first-order valence-electron chi connectivity index (χ1n) is 14.3. The number of cyclic esters (lactones) is 1. The molecule has 0 radical (unpaired) electrons. The number of rotatable bonds is 3. The molecule has 0 aromatic carbocycles. The zero-order chi connectivity index (χ0) is 26.1. The molecule has 7 nitrogen and oxygen atoms in total. The van der Waals surface area contributed by atoms with Gasteiger partial charge in [0.1, 0.15) is 23.4 Å². The van der Waals surface area contributed by atoms with E-state index in [0.717, 1.165) is 37.7 Å². The summed E-state index contributed by atoms with van der Waals surface area (Å²) in [5.74, 6) is 0.860. The molecule has 0 aromatic heterocycles. The SMILES string of the molecule is CCO[C@H]1O[C@@](C)([C@H]2CC(C)=C(C)C(=O)O2)[C@H]2CC[C@H]3[C@@H]4C[C@H]5O[C@]56[C@@H](O)C=CC(=O)[C@]6(C)[C@H]4CC[C@]123. The number of allylic oxidation sites excluding steroid dienone is 1. The molecule has 0 aromatic rings. The second kappa shape index (κ2) is 7.56. The molecule has 0 amide bonds. The summed E-state index contributed by atoms with van der Waals surface area (Å²) in [5, 5.41) is 11.0. The highest BCUT2D eigenvalue weighted by Gasteiger charge is 2.82. The zero-order valence-corrected chi connectivity index (χ0v) is 22.6. The van der Waals surface area contributed by atoms with Gasteiger partial charge in [-0.25, -0.2) is 4.79 Å². The van der Waals surface area contributed by atoms with Crippen LogP contribution in [-0.4, -0.2) is 59.3 Å². The summed E-state index contributed by atoms with van der Waals surface area (Å²) in [6.07, 6.45) is 7.07. The monoisotopic (exact) mass is 512 g/mol. The molecule has 12 atom stereocenters. The Balaban J connectivity index is 1.27. The summed E-state index contributed by atoms with van der Waals surface area (Å²) in [7, 11) is 0. The molecule has 0 unspecified atom stereocenters. The van der Waals surface area contributed by atoms with E-state index in [1.165, 1.54) is 0 Å². The molecule has 7 heteroatoms. The molecule has 7 rings (SSSR count). The highest BCUT2D eigenvalue weighted by molar-refractivity contribution is 5.98. The number of hydrogen-bond donors (Lipinski definition) is 1. The van der Waals surface area contributed by atoms with Crippen molar-refractivity contribution in [1.82, 2.24) is 0 Å². The molecule has 2 saturated heterocycles. The Morgan fingerprint density at radius 3 is 2.59 bits per heavy atom. The molecular weight excluding hydrogens is 472 g/mol. The lowest BCUT2D eigenvalue weighted by atomic mass is 9.44. The number of carbonyl (C=O) groups is 2. The zero-order valence-electron chi connectivity index (χ0n) is 22.6. The smallest absolute Gasteiger partial charge is 0.334 e. The van der Waals surface area contributed by atoms with Crippen LogP contribution in [0.15, 0.2) is 23.3 Å². The summed E-state index contributed by atoms with van der Waals surface area (Å²) < 4.78 is 25.6. The first kappa shape index (κ1) is 24.5. The van der Waals surface area contributed by atoms with Gasteiger partial charge in [-0.05, 0) is 96.6 Å². The van der Waals surface area contributed by atoms with Crippen LogP contribution < -0.4 is 0 Å². The Bertz CT molecular complexity index is 1130. The van der Waals surface area contributed by atoms with Crippen molar-refractivity contribution in [1.29, 1.82) is 0 Å². The van der Waals surface area contributed by atoms with Gasteiger partial charge in [0.05, 0.1) is 11.5 Å². The maximum atomic E-state index is 13.5. The predicted molar refractivity (Wildman–Crippen MR) is 133 cm³/mol. The molecule has 1 N–H and O–H groups in total. The standard InChI is InChI=1S/C30H40O7/c1-6-34-26-29-12-11-18-17(14-24-30(36-24)22(32)10-9-21(31)27(18,30)4)19(29)7-8-20(29)28(5,37-26)23-13-15(2)16(3)25(33)35-23/h9-10,17-20,22-24,26,32H,6-8,11-14H2,1-5H3/t17-,18+,19+,20-,22+,23-,24-,26+,27+,28-,29-,30-/m1/s1. The van der Waals surface area contributed by atoms with Crippen LogP contribution in [0.1, 0.15) is 73.1 Å². The summed E-state index contributed by atoms with van der Waals surface area (Å²) in [4.78, 5) is 26.2.